The zero-order valence-electron chi connectivity index (χ0n) is 17.1. The van der Waals surface area contributed by atoms with Crippen molar-refractivity contribution >= 4 is 17.5 Å². The third-order valence-corrected chi connectivity index (χ3v) is 6.11. The van der Waals surface area contributed by atoms with Crippen LogP contribution in [0, 0.1) is 12.8 Å². The van der Waals surface area contributed by atoms with Crippen molar-refractivity contribution in [1.29, 1.82) is 0 Å². The van der Waals surface area contributed by atoms with E-state index in [2.05, 4.69) is 36.1 Å². The van der Waals surface area contributed by atoms with E-state index in [-0.39, 0.29) is 17.7 Å². The molecule has 2 aliphatic heterocycles. The number of nitrogens with zero attached hydrogens (tertiary/aromatic N) is 3. The van der Waals surface area contributed by atoms with Crippen LogP contribution in [-0.4, -0.2) is 60.9 Å². The van der Waals surface area contributed by atoms with Gasteiger partial charge in [0.1, 0.15) is 0 Å². The SMILES string of the molecule is Cc1cccc(N2CCN(C(=O)C3CCN(C(=O)c4ccccc4)CC3)CC2)c1. The number of amides is 2. The summed E-state index contributed by atoms with van der Waals surface area (Å²) in [6.07, 6.45) is 1.52. The van der Waals surface area contributed by atoms with E-state index in [1.807, 2.05) is 40.1 Å². The van der Waals surface area contributed by atoms with Crippen molar-refractivity contribution in [2.24, 2.45) is 5.92 Å². The van der Waals surface area contributed by atoms with Gasteiger partial charge in [-0.3, -0.25) is 9.59 Å². The Hall–Kier alpha value is -2.82. The molecule has 29 heavy (non-hydrogen) atoms. The Kier molecular flexibility index (Phi) is 5.84. The summed E-state index contributed by atoms with van der Waals surface area (Å²) < 4.78 is 0. The highest BCUT2D eigenvalue weighted by Gasteiger charge is 2.32. The first-order valence-electron chi connectivity index (χ1n) is 10.6. The van der Waals surface area contributed by atoms with Crippen LogP contribution in [0.5, 0.6) is 0 Å². The first kappa shape index (κ1) is 19.5. The highest BCUT2D eigenvalue weighted by Crippen LogP contribution is 2.23. The quantitative estimate of drug-likeness (QED) is 0.807. The van der Waals surface area contributed by atoms with Crippen LogP contribution in [0.25, 0.3) is 0 Å². The van der Waals surface area contributed by atoms with Crippen LogP contribution in [0.1, 0.15) is 28.8 Å². The molecular weight excluding hydrogens is 362 g/mol. The molecule has 0 spiro atoms. The molecule has 0 aromatic heterocycles. The van der Waals surface area contributed by atoms with Crippen molar-refractivity contribution in [2.45, 2.75) is 19.8 Å². The number of hydrogen-bond acceptors (Lipinski definition) is 3. The zero-order valence-corrected chi connectivity index (χ0v) is 17.1. The average Bonchev–Trinajstić information content (AvgIpc) is 2.79. The minimum Gasteiger partial charge on any atom is -0.368 e. The highest BCUT2D eigenvalue weighted by atomic mass is 16.2. The number of benzene rings is 2. The molecule has 2 heterocycles. The molecule has 2 aliphatic rings. The van der Waals surface area contributed by atoms with Gasteiger partial charge in [0.2, 0.25) is 5.91 Å². The fourth-order valence-electron chi connectivity index (χ4n) is 4.36. The maximum absolute atomic E-state index is 13.0. The van der Waals surface area contributed by atoms with Crippen LogP contribution in [0.15, 0.2) is 54.6 Å². The molecular formula is C24H29N3O2. The lowest BCUT2D eigenvalue weighted by atomic mass is 9.94. The second-order valence-corrected chi connectivity index (χ2v) is 8.08. The van der Waals surface area contributed by atoms with Gasteiger partial charge in [-0.1, -0.05) is 30.3 Å². The lowest BCUT2D eigenvalue weighted by molar-refractivity contribution is -0.137. The Morgan fingerprint density at radius 3 is 2.14 bits per heavy atom. The Morgan fingerprint density at radius 2 is 1.48 bits per heavy atom. The zero-order chi connectivity index (χ0) is 20.2. The van der Waals surface area contributed by atoms with E-state index >= 15 is 0 Å². The summed E-state index contributed by atoms with van der Waals surface area (Å²) in [5, 5.41) is 0. The molecule has 2 amide bonds. The van der Waals surface area contributed by atoms with Crippen LogP contribution in [0.4, 0.5) is 5.69 Å². The Balaban J connectivity index is 1.28. The fraction of sp³-hybridized carbons (Fsp3) is 0.417. The van der Waals surface area contributed by atoms with Gasteiger partial charge in [0, 0.05) is 56.4 Å². The van der Waals surface area contributed by atoms with Crippen LogP contribution in [-0.2, 0) is 4.79 Å². The molecule has 0 aliphatic carbocycles. The number of hydrogen-bond donors (Lipinski definition) is 0. The molecule has 5 heteroatoms. The normalized spacial score (nSPS) is 18.0. The van der Waals surface area contributed by atoms with Crippen LogP contribution in [0.3, 0.4) is 0 Å². The first-order valence-corrected chi connectivity index (χ1v) is 10.6. The van der Waals surface area contributed by atoms with Crippen molar-refractivity contribution in [3.8, 4) is 0 Å². The van der Waals surface area contributed by atoms with E-state index < -0.39 is 0 Å². The number of piperidine rings is 1. The molecule has 0 unspecified atom stereocenters. The second-order valence-electron chi connectivity index (χ2n) is 8.08. The minimum absolute atomic E-state index is 0.0420. The number of piperazine rings is 1. The standard InChI is InChI=1S/C24H29N3O2/c1-19-6-5-9-22(18-19)25-14-16-27(17-15-25)24(29)21-10-12-26(13-11-21)23(28)20-7-3-2-4-8-20/h2-9,18,21H,10-17H2,1H3. The van der Waals surface area contributed by atoms with Crippen molar-refractivity contribution in [1.82, 2.24) is 9.80 Å². The first-order chi connectivity index (χ1) is 14.1. The molecule has 0 atom stereocenters. The Labute approximate surface area is 172 Å². The van der Waals surface area contributed by atoms with Gasteiger partial charge in [-0.25, -0.2) is 0 Å². The summed E-state index contributed by atoms with van der Waals surface area (Å²) in [7, 11) is 0. The summed E-state index contributed by atoms with van der Waals surface area (Å²) in [6, 6.07) is 18.0. The van der Waals surface area contributed by atoms with Gasteiger partial charge >= 0.3 is 0 Å². The molecule has 0 radical (unpaired) electrons. The number of carbonyl (C=O) groups is 2. The molecule has 0 bridgehead atoms. The van der Waals surface area contributed by atoms with E-state index in [1.54, 1.807) is 0 Å². The number of anilines is 1. The average molecular weight is 392 g/mol. The minimum atomic E-state index is 0.0420. The molecule has 0 N–H and O–H groups in total. The smallest absolute Gasteiger partial charge is 0.253 e. The molecule has 152 valence electrons. The monoisotopic (exact) mass is 391 g/mol. The summed E-state index contributed by atoms with van der Waals surface area (Å²) >= 11 is 0. The lowest BCUT2D eigenvalue weighted by Gasteiger charge is -2.39. The van der Waals surface area contributed by atoms with Gasteiger partial charge in [-0.05, 0) is 49.6 Å². The maximum Gasteiger partial charge on any atom is 0.253 e. The number of likely N-dealkylation sites (tertiary alicyclic amines) is 1. The highest BCUT2D eigenvalue weighted by molar-refractivity contribution is 5.94. The van der Waals surface area contributed by atoms with Gasteiger partial charge in [0.15, 0.2) is 0 Å². The van der Waals surface area contributed by atoms with E-state index in [4.69, 9.17) is 0 Å². The Morgan fingerprint density at radius 1 is 0.793 bits per heavy atom. The molecule has 2 aromatic rings. The maximum atomic E-state index is 13.0. The third kappa shape index (κ3) is 4.44. The van der Waals surface area contributed by atoms with Crippen LogP contribution < -0.4 is 4.90 Å². The molecule has 2 fully saturated rings. The predicted molar refractivity (Wildman–Crippen MR) is 115 cm³/mol. The fourth-order valence-corrected chi connectivity index (χ4v) is 4.36. The summed E-state index contributed by atoms with van der Waals surface area (Å²) in [5.74, 6) is 0.379. The topological polar surface area (TPSA) is 43.9 Å². The molecule has 2 saturated heterocycles. The largest absolute Gasteiger partial charge is 0.368 e. The summed E-state index contributed by atoms with van der Waals surface area (Å²) in [5.41, 5.74) is 3.23. The summed E-state index contributed by atoms with van der Waals surface area (Å²) in [6.45, 7) is 6.73. The van der Waals surface area contributed by atoms with Gasteiger partial charge in [-0.2, -0.15) is 0 Å². The molecule has 4 rings (SSSR count). The number of aryl methyl sites for hydroxylation is 1. The van der Waals surface area contributed by atoms with Crippen LogP contribution in [0.2, 0.25) is 0 Å². The van der Waals surface area contributed by atoms with E-state index in [0.29, 0.717) is 13.1 Å². The lowest BCUT2D eigenvalue weighted by Crippen LogP contribution is -2.52. The predicted octanol–water partition coefficient (Wildman–Crippen LogP) is 3.20. The van der Waals surface area contributed by atoms with Crippen molar-refractivity contribution < 1.29 is 9.59 Å². The van der Waals surface area contributed by atoms with E-state index in [1.165, 1.54) is 11.3 Å². The summed E-state index contributed by atoms with van der Waals surface area (Å²) in [4.78, 5) is 31.9. The number of rotatable bonds is 3. The van der Waals surface area contributed by atoms with Crippen LogP contribution >= 0.6 is 0 Å². The van der Waals surface area contributed by atoms with E-state index in [0.717, 1.165) is 44.6 Å². The Bertz CT molecular complexity index is 851. The van der Waals surface area contributed by atoms with Crippen molar-refractivity contribution in [2.75, 3.05) is 44.2 Å². The van der Waals surface area contributed by atoms with Gasteiger partial charge in [0.05, 0.1) is 0 Å². The molecule has 2 aromatic carbocycles. The molecule has 0 saturated carbocycles. The second kappa shape index (κ2) is 8.68. The molecule has 5 nitrogen and oxygen atoms in total. The van der Waals surface area contributed by atoms with Gasteiger partial charge in [-0.15, -0.1) is 0 Å². The van der Waals surface area contributed by atoms with E-state index in [9.17, 15) is 9.59 Å². The van der Waals surface area contributed by atoms with Gasteiger partial charge in [0.25, 0.3) is 5.91 Å². The van der Waals surface area contributed by atoms with Gasteiger partial charge < -0.3 is 14.7 Å². The number of carbonyl (C=O) groups excluding carboxylic acids is 2. The van der Waals surface area contributed by atoms with Crippen molar-refractivity contribution in [3.05, 3.63) is 65.7 Å². The van der Waals surface area contributed by atoms with Crippen molar-refractivity contribution in [3.63, 3.8) is 0 Å². The third-order valence-electron chi connectivity index (χ3n) is 6.11.